The number of amides is 1. The lowest BCUT2D eigenvalue weighted by atomic mass is 10.1. The molecule has 0 aromatic heterocycles. The summed E-state index contributed by atoms with van der Waals surface area (Å²) in [7, 11) is 1.59. The van der Waals surface area contributed by atoms with Gasteiger partial charge in [-0.25, -0.2) is 0 Å². The first kappa shape index (κ1) is 14.9. The molecule has 3 rings (SSSR count). The van der Waals surface area contributed by atoms with Crippen LogP contribution in [0.2, 0.25) is 0 Å². The number of hydrazone groups is 1. The van der Waals surface area contributed by atoms with Crippen LogP contribution in [0.1, 0.15) is 24.3 Å². The minimum absolute atomic E-state index is 0.0509. The number of carbonyl (C=O) groups excluding carboxylic acids is 1. The van der Waals surface area contributed by atoms with Gasteiger partial charge in [0.05, 0.1) is 12.7 Å². The number of phenolic OH excluding ortho intramolecular Hbond substituents is 1. The molecule has 1 heterocycles. The third-order valence-corrected chi connectivity index (χ3v) is 3.51. The monoisotopic (exact) mass is 312 g/mol. The van der Waals surface area contributed by atoms with Crippen LogP contribution in [0, 0.1) is 0 Å². The quantitative estimate of drug-likeness (QED) is 0.946. The number of ether oxygens (including phenoxy) is 2. The Morgan fingerprint density at radius 3 is 2.52 bits per heavy atom. The Morgan fingerprint density at radius 2 is 1.91 bits per heavy atom. The molecule has 0 radical (unpaired) electrons. The first-order chi connectivity index (χ1) is 11.1. The molecule has 0 aliphatic carbocycles. The van der Waals surface area contributed by atoms with Gasteiger partial charge in [-0.15, -0.1) is 5.10 Å². The molecule has 1 aliphatic heterocycles. The van der Waals surface area contributed by atoms with E-state index in [1.807, 2.05) is 0 Å². The maximum atomic E-state index is 11.9. The number of rotatable bonds is 3. The summed E-state index contributed by atoms with van der Waals surface area (Å²) in [5, 5.41) is 15.5. The Morgan fingerprint density at radius 1 is 1.22 bits per heavy atom. The number of methoxy groups -OCH3 is 1. The maximum absolute atomic E-state index is 11.9. The minimum atomic E-state index is -0.786. The highest BCUT2D eigenvalue weighted by atomic mass is 16.5. The second-order valence-electron chi connectivity index (χ2n) is 5.03. The van der Waals surface area contributed by atoms with Crippen LogP contribution in [0.3, 0.4) is 0 Å². The number of nitrogens with zero attached hydrogens (tertiary/aromatic N) is 2. The van der Waals surface area contributed by atoms with E-state index in [0.29, 0.717) is 17.2 Å². The van der Waals surface area contributed by atoms with Gasteiger partial charge in [-0.3, -0.25) is 4.79 Å². The maximum Gasteiger partial charge on any atom is 0.243 e. The molecule has 1 amide bonds. The van der Waals surface area contributed by atoms with E-state index >= 15 is 0 Å². The number of phenols is 1. The summed E-state index contributed by atoms with van der Waals surface area (Å²) >= 11 is 0. The molecule has 0 fully saturated rings. The van der Waals surface area contributed by atoms with Crippen LogP contribution in [-0.2, 0) is 9.53 Å². The number of aromatic hydroxyl groups is 1. The average Bonchev–Trinajstić information content (AvgIpc) is 3.01. The van der Waals surface area contributed by atoms with Crippen molar-refractivity contribution in [2.45, 2.75) is 13.2 Å². The third-order valence-electron chi connectivity index (χ3n) is 3.51. The normalized spacial score (nSPS) is 16.7. The highest BCUT2D eigenvalue weighted by Crippen LogP contribution is 2.34. The van der Waals surface area contributed by atoms with Crippen molar-refractivity contribution in [1.82, 2.24) is 5.01 Å². The van der Waals surface area contributed by atoms with Gasteiger partial charge < -0.3 is 14.6 Å². The van der Waals surface area contributed by atoms with Gasteiger partial charge in [-0.05, 0) is 36.4 Å². The fourth-order valence-corrected chi connectivity index (χ4v) is 2.32. The van der Waals surface area contributed by atoms with E-state index in [1.54, 1.807) is 55.6 Å². The highest BCUT2D eigenvalue weighted by molar-refractivity contribution is 5.96. The van der Waals surface area contributed by atoms with Crippen LogP contribution in [0.5, 0.6) is 11.5 Å². The van der Waals surface area contributed by atoms with E-state index in [-0.39, 0.29) is 11.7 Å². The fourth-order valence-electron chi connectivity index (χ4n) is 2.32. The fraction of sp³-hybridized carbons (Fsp3) is 0.176. The Balaban J connectivity index is 1.93. The van der Waals surface area contributed by atoms with Crippen molar-refractivity contribution in [3.63, 3.8) is 0 Å². The predicted molar refractivity (Wildman–Crippen MR) is 84.0 cm³/mol. The van der Waals surface area contributed by atoms with E-state index in [0.717, 1.165) is 5.56 Å². The summed E-state index contributed by atoms with van der Waals surface area (Å²) in [6.07, 6.45) is -0.786. The lowest BCUT2D eigenvalue weighted by Gasteiger charge is -2.19. The zero-order valence-electron chi connectivity index (χ0n) is 12.8. The van der Waals surface area contributed by atoms with Crippen LogP contribution in [0.25, 0.3) is 0 Å². The number of carbonyl (C=O) groups is 1. The molecule has 1 N–H and O–H groups in total. The molecule has 2 aromatic carbocycles. The second-order valence-corrected chi connectivity index (χ2v) is 5.03. The third kappa shape index (κ3) is 2.83. The molecule has 0 unspecified atom stereocenters. The van der Waals surface area contributed by atoms with Crippen LogP contribution in [0.4, 0.5) is 0 Å². The van der Waals surface area contributed by atoms with Gasteiger partial charge in [0.25, 0.3) is 0 Å². The molecule has 6 heteroatoms. The first-order valence-corrected chi connectivity index (χ1v) is 7.07. The van der Waals surface area contributed by atoms with E-state index in [1.165, 1.54) is 11.9 Å². The van der Waals surface area contributed by atoms with Crippen LogP contribution < -0.4 is 4.74 Å². The molecule has 0 saturated heterocycles. The summed E-state index contributed by atoms with van der Waals surface area (Å²) in [6.45, 7) is 1.40. The highest BCUT2D eigenvalue weighted by Gasteiger charge is 2.34. The molecule has 23 heavy (non-hydrogen) atoms. The standard InChI is InChI=1S/C17H16N2O4/c1-11(20)19-17(14-5-3-4-6-15(14)21)23-16(18-19)12-7-9-13(22-2)10-8-12/h3-10,17,21H,1-2H3/t17-/m0/s1. The number of hydrogen-bond acceptors (Lipinski definition) is 5. The van der Waals surface area contributed by atoms with Crippen LogP contribution in [0.15, 0.2) is 53.6 Å². The molecular formula is C17H16N2O4. The Bertz CT molecular complexity index is 755. The number of benzene rings is 2. The van der Waals surface area contributed by atoms with Crippen molar-refractivity contribution < 1.29 is 19.4 Å². The van der Waals surface area contributed by atoms with Crippen LogP contribution >= 0.6 is 0 Å². The summed E-state index contributed by atoms with van der Waals surface area (Å²) in [5.74, 6) is 0.806. The van der Waals surface area contributed by atoms with Crippen molar-refractivity contribution in [3.05, 3.63) is 59.7 Å². The average molecular weight is 312 g/mol. The molecule has 118 valence electrons. The molecule has 1 atom stereocenters. The van der Waals surface area contributed by atoms with E-state index in [4.69, 9.17) is 9.47 Å². The van der Waals surface area contributed by atoms with Crippen molar-refractivity contribution in [1.29, 1.82) is 0 Å². The van der Waals surface area contributed by atoms with Crippen molar-refractivity contribution in [3.8, 4) is 11.5 Å². The topological polar surface area (TPSA) is 71.4 Å². The summed E-state index contributed by atoms with van der Waals surface area (Å²) < 4.78 is 10.9. The molecule has 6 nitrogen and oxygen atoms in total. The lowest BCUT2D eigenvalue weighted by Crippen LogP contribution is -2.25. The van der Waals surface area contributed by atoms with Gasteiger partial charge in [0.2, 0.25) is 18.0 Å². The van der Waals surface area contributed by atoms with E-state index < -0.39 is 6.23 Å². The lowest BCUT2D eigenvalue weighted by molar-refractivity contribution is -0.135. The van der Waals surface area contributed by atoms with Crippen molar-refractivity contribution in [2.24, 2.45) is 5.10 Å². The zero-order valence-corrected chi connectivity index (χ0v) is 12.8. The Hall–Kier alpha value is -3.02. The van der Waals surface area contributed by atoms with Crippen LogP contribution in [-0.4, -0.2) is 29.0 Å². The molecule has 0 saturated carbocycles. The second kappa shape index (κ2) is 6.00. The van der Waals surface area contributed by atoms with Crippen molar-refractivity contribution in [2.75, 3.05) is 7.11 Å². The minimum Gasteiger partial charge on any atom is -0.507 e. The first-order valence-electron chi connectivity index (χ1n) is 7.07. The molecule has 2 aromatic rings. The molecule has 0 bridgehead atoms. The van der Waals surface area contributed by atoms with Gasteiger partial charge in [0.15, 0.2) is 0 Å². The summed E-state index contributed by atoms with van der Waals surface area (Å²) in [4.78, 5) is 11.9. The van der Waals surface area contributed by atoms with Gasteiger partial charge in [0.1, 0.15) is 11.5 Å². The van der Waals surface area contributed by atoms with Gasteiger partial charge in [-0.2, -0.15) is 5.01 Å². The van der Waals surface area contributed by atoms with E-state index in [2.05, 4.69) is 5.10 Å². The largest absolute Gasteiger partial charge is 0.507 e. The Kier molecular flexibility index (Phi) is 3.89. The number of hydrogen-bond donors (Lipinski definition) is 1. The smallest absolute Gasteiger partial charge is 0.243 e. The van der Waals surface area contributed by atoms with Gasteiger partial charge in [0, 0.05) is 12.5 Å². The number of para-hydroxylation sites is 1. The summed E-state index contributed by atoms with van der Waals surface area (Å²) in [6, 6.07) is 13.9. The summed E-state index contributed by atoms with van der Waals surface area (Å²) in [5.41, 5.74) is 1.20. The molecule has 1 aliphatic rings. The van der Waals surface area contributed by atoms with Gasteiger partial charge in [-0.1, -0.05) is 12.1 Å². The van der Waals surface area contributed by atoms with Gasteiger partial charge >= 0.3 is 0 Å². The van der Waals surface area contributed by atoms with E-state index in [9.17, 15) is 9.90 Å². The Labute approximate surface area is 133 Å². The predicted octanol–water partition coefficient (Wildman–Crippen LogP) is 2.64. The SMILES string of the molecule is COc1ccc(C2=NN(C(C)=O)[C@H](c3ccccc3O)O2)cc1. The molecular weight excluding hydrogens is 296 g/mol. The zero-order chi connectivity index (χ0) is 16.4. The molecule has 0 spiro atoms. The van der Waals surface area contributed by atoms with Crippen molar-refractivity contribution >= 4 is 11.8 Å².